The molecule has 2 rings (SSSR count). The van der Waals surface area contributed by atoms with E-state index in [4.69, 9.17) is 22.2 Å². The van der Waals surface area contributed by atoms with Crippen LogP contribution in [-0.4, -0.2) is 16.6 Å². The highest BCUT2D eigenvalue weighted by atomic mass is 35.5. The van der Waals surface area contributed by atoms with Crippen molar-refractivity contribution in [2.75, 3.05) is 12.0 Å². The number of nitrogens with one attached hydrogen (secondary N) is 1. The molecule has 0 bridgehead atoms. The molecule has 0 fully saturated rings. The van der Waals surface area contributed by atoms with Gasteiger partial charge in [0.1, 0.15) is 17.5 Å². The Morgan fingerprint density at radius 1 is 1.35 bits per heavy atom. The normalized spacial score (nSPS) is 10.6. The summed E-state index contributed by atoms with van der Waals surface area (Å²) in [7, 11) is 0. The Bertz CT molecular complexity index is 582. The van der Waals surface area contributed by atoms with E-state index in [-0.39, 0.29) is 0 Å². The lowest BCUT2D eigenvalue weighted by atomic mass is 10.4. The lowest BCUT2D eigenvalue weighted by Crippen LogP contribution is -2.11. The molecule has 1 heterocycles. The van der Waals surface area contributed by atoms with Gasteiger partial charge in [0.2, 0.25) is 0 Å². The van der Waals surface area contributed by atoms with Crippen molar-refractivity contribution in [2.45, 2.75) is 23.5 Å². The summed E-state index contributed by atoms with van der Waals surface area (Å²) in [4.78, 5) is 9.59. The summed E-state index contributed by atoms with van der Waals surface area (Å²) in [5, 5.41) is 1.44. The third-order valence-electron chi connectivity index (χ3n) is 2.38. The lowest BCUT2D eigenvalue weighted by molar-refractivity contribution is 0.128. The molecule has 0 aliphatic rings. The fourth-order valence-electron chi connectivity index (χ4n) is 1.50. The number of hydrogen-bond donors (Lipinski definition) is 2. The van der Waals surface area contributed by atoms with E-state index in [1.165, 1.54) is 11.8 Å². The first-order chi connectivity index (χ1) is 9.72. The van der Waals surface area contributed by atoms with Gasteiger partial charge in [-0.15, -0.1) is 0 Å². The first kappa shape index (κ1) is 15.1. The quantitative estimate of drug-likeness (QED) is 0.485. The highest BCUT2D eigenvalue weighted by molar-refractivity contribution is 7.99. The molecule has 106 valence electrons. The predicted molar refractivity (Wildman–Crippen MR) is 80.7 cm³/mol. The van der Waals surface area contributed by atoms with Crippen LogP contribution < -0.4 is 11.3 Å². The molecule has 0 aliphatic carbocycles. The van der Waals surface area contributed by atoms with Crippen LogP contribution in [0.2, 0.25) is 5.02 Å². The predicted octanol–water partition coefficient (Wildman–Crippen LogP) is 3.10. The fraction of sp³-hybridized carbons (Fsp3) is 0.231. The van der Waals surface area contributed by atoms with Crippen LogP contribution in [0.5, 0.6) is 0 Å². The highest BCUT2D eigenvalue weighted by Crippen LogP contribution is 2.32. The summed E-state index contributed by atoms with van der Waals surface area (Å²) >= 11 is 7.60. The molecular formula is C13H15ClN4OS. The van der Waals surface area contributed by atoms with Gasteiger partial charge in [0.15, 0.2) is 5.82 Å². The number of benzene rings is 1. The molecule has 0 spiro atoms. The van der Waals surface area contributed by atoms with E-state index >= 15 is 0 Å². The Morgan fingerprint density at radius 3 is 2.85 bits per heavy atom. The topological polar surface area (TPSA) is 73.1 Å². The van der Waals surface area contributed by atoms with Gasteiger partial charge in [-0.05, 0) is 19.1 Å². The zero-order valence-electron chi connectivity index (χ0n) is 11.0. The molecule has 0 aliphatic heterocycles. The first-order valence-electron chi connectivity index (χ1n) is 6.07. The molecule has 0 amide bonds. The van der Waals surface area contributed by atoms with Crippen molar-refractivity contribution in [2.24, 2.45) is 5.84 Å². The van der Waals surface area contributed by atoms with E-state index in [0.717, 1.165) is 9.92 Å². The first-order valence-corrected chi connectivity index (χ1v) is 7.27. The number of aromatic nitrogens is 2. The zero-order chi connectivity index (χ0) is 14.4. The molecule has 0 saturated heterocycles. The van der Waals surface area contributed by atoms with E-state index in [9.17, 15) is 0 Å². The van der Waals surface area contributed by atoms with Crippen molar-refractivity contribution in [3.05, 3.63) is 41.2 Å². The van der Waals surface area contributed by atoms with E-state index in [1.54, 1.807) is 6.07 Å². The van der Waals surface area contributed by atoms with E-state index in [2.05, 4.69) is 15.4 Å². The number of rotatable bonds is 6. The maximum absolute atomic E-state index is 6.14. The molecule has 7 heteroatoms. The van der Waals surface area contributed by atoms with Crippen LogP contribution in [0.15, 0.2) is 40.3 Å². The Morgan fingerprint density at radius 2 is 2.15 bits per heavy atom. The van der Waals surface area contributed by atoms with Crippen molar-refractivity contribution in [1.82, 2.24) is 9.97 Å². The Hall–Kier alpha value is -1.34. The smallest absolute Gasteiger partial charge is 0.157 e. The average Bonchev–Trinajstić information content (AvgIpc) is 2.47. The van der Waals surface area contributed by atoms with Crippen molar-refractivity contribution in [3.63, 3.8) is 0 Å². The average molecular weight is 311 g/mol. The van der Waals surface area contributed by atoms with Crippen molar-refractivity contribution < 1.29 is 4.74 Å². The van der Waals surface area contributed by atoms with Gasteiger partial charge in [0.25, 0.3) is 0 Å². The van der Waals surface area contributed by atoms with Crippen LogP contribution in [0, 0.1) is 0 Å². The van der Waals surface area contributed by atoms with Crippen molar-refractivity contribution in [1.29, 1.82) is 0 Å². The molecule has 3 N–H and O–H groups in total. The second-order valence-corrected chi connectivity index (χ2v) is 5.29. The number of hydrogen-bond acceptors (Lipinski definition) is 6. The van der Waals surface area contributed by atoms with Crippen LogP contribution in [0.4, 0.5) is 5.82 Å². The molecule has 20 heavy (non-hydrogen) atoms. The molecule has 0 radical (unpaired) electrons. The van der Waals surface area contributed by atoms with E-state index in [1.807, 2.05) is 31.2 Å². The lowest BCUT2D eigenvalue weighted by Gasteiger charge is -2.08. The Labute approximate surface area is 126 Å². The summed E-state index contributed by atoms with van der Waals surface area (Å²) in [6.45, 7) is 2.88. The molecule has 5 nitrogen and oxygen atoms in total. The number of hydrazine groups is 1. The number of anilines is 1. The molecule has 2 aromatic rings. The van der Waals surface area contributed by atoms with Gasteiger partial charge < -0.3 is 10.2 Å². The molecule has 1 aromatic heterocycles. The third-order valence-corrected chi connectivity index (χ3v) is 3.82. The summed E-state index contributed by atoms with van der Waals surface area (Å²) in [5.41, 5.74) is 2.53. The van der Waals surface area contributed by atoms with Gasteiger partial charge in [0, 0.05) is 17.6 Å². The van der Waals surface area contributed by atoms with Crippen LogP contribution in [-0.2, 0) is 11.3 Å². The van der Waals surface area contributed by atoms with Crippen LogP contribution in [0.1, 0.15) is 12.7 Å². The molecule has 1 aromatic carbocycles. The third kappa shape index (κ3) is 4.08. The Balaban J connectivity index is 2.24. The van der Waals surface area contributed by atoms with Crippen LogP contribution in [0.3, 0.4) is 0 Å². The van der Waals surface area contributed by atoms with Crippen LogP contribution in [0.25, 0.3) is 0 Å². The zero-order valence-corrected chi connectivity index (χ0v) is 12.5. The highest BCUT2D eigenvalue weighted by Gasteiger charge is 2.08. The van der Waals surface area contributed by atoms with Gasteiger partial charge in [-0.25, -0.2) is 15.8 Å². The standard InChI is InChI=1S/C13H15ClN4OS/c1-2-19-8-12-16-11(18-15)7-13(17-12)20-10-6-4-3-5-9(10)14/h3-7H,2,8,15H2,1H3,(H,16,17,18). The van der Waals surface area contributed by atoms with Gasteiger partial charge in [-0.3, -0.25) is 0 Å². The molecule has 0 unspecified atom stereocenters. The second kappa shape index (κ2) is 7.44. The maximum atomic E-state index is 6.14. The van der Waals surface area contributed by atoms with E-state index < -0.39 is 0 Å². The molecule has 0 saturated carbocycles. The van der Waals surface area contributed by atoms with Gasteiger partial charge in [0.05, 0.1) is 5.02 Å². The minimum absolute atomic E-state index is 0.349. The summed E-state index contributed by atoms with van der Waals surface area (Å²) < 4.78 is 5.32. The van der Waals surface area contributed by atoms with Gasteiger partial charge in [-0.2, -0.15) is 0 Å². The number of nitrogens with two attached hydrogens (primary N) is 1. The van der Waals surface area contributed by atoms with Gasteiger partial charge in [-0.1, -0.05) is 35.5 Å². The molecular weight excluding hydrogens is 296 g/mol. The summed E-state index contributed by atoms with van der Waals surface area (Å²) in [6, 6.07) is 9.36. The minimum atomic E-state index is 0.349. The SMILES string of the molecule is CCOCc1nc(NN)cc(Sc2ccccc2Cl)n1. The number of ether oxygens (including phenoxy) is 1. The fourth-order valence-corrected chi connectivity index (χ4v) is 2.61. The Kier molecular flexibility index (Phi) is 5.60. The number of nitrogens with zero attached hydrogens (tertiary/aromatic N) is 2. The summed E-state index contributed by atoms with van der Waals surface area (Å²) in [5.74, 6) is 6.55. The van der Waals surface area contributed by atoms with Gasteiger partial charge >= 0.3 is 0 Å². The maximum Gasteiger partial charge on any atom is 0.157 e. The number of halogens is 1. The second-order valence-electron chi connectivity index (χ2n) is 3.82. The number of nitrogen functional groups attached to an aromatic ring is 1. The van der Waals surface area contributed by atoms with Crippen LogP contribution >= 0.6 is 23.4 Å². The van der Waals surface area contributed by atoms with E-state index in [0.29, 0.717) is 29.9 Å². The molecule has 0 atom stereocenters. The largest absolute Gasteiger partial charge is 0.374 e. The summed E-state index contributed by atoms with van der Waals surface area (Å²) in [6.07, 6.45) is 0. The monoisotopic (exact) mass is 310 g/mol. The van der Waals surface area contributed by atoms with Crippen molar-refractivity contribution in [3.8, 4) is 0 Å². The minimum Gasteiger partial charge on any atom is -0.374 e. The van der Waals surface area contributed by atoms with Crippen molar-refractivity contribution >= 4 is 29.2 Å².